The summed E-state index contributed by atoms with van der Waals surface area (Å²) in [5, 5.41) is 1.93. The van der Waals surface area contributed by atoms with E-state index in [1.54, 1.807) is 5.51 Å². The number of thiazole rings is 1. The van der Waals surface area contributed by atoms with Crippen LogP contribution in [-0.4, -0.2) is 18.1 Å². The lowest BCUT2D eigenvalue weighted by molar-refractivity contribution is -0.143. The normalized spacial score (nSPS) is 18.2. The number of aromatic nitrogens is 1. The molecular weight excluding hydrogens is 186 g/mol. The summed E-state index contributed by atoms with van der Waals surface area (Å²) < 4.78 is 4.76. The molecule has 2 rings (SSSR count). The Morgan fingerprint density at radius 1 is 1.77 bits per heavy atom. The molecule has 4 heteroatoms. The van der Waals surface area contributed by atoms with Crippen LogP contribution in [0, 0.1) is 5.92 Å². The summed E-state index contributed by atoms with van der Waals surface area (Å²) in [6, 6.07) is 0. The summed E-state index contributed by atoms with van der Waals surface area (Å²) >= 11 is 1.52. The van der Waals surface area contributed by atoms with Crippen molar-refractivity contribution in [2.75, 3.05) is 7.11 Å². The highest BCUT2D eigenvalue weighted by Crippen LogP contribution is 2.42. The molecule has 1 aromatic heterocycles. The van der Waals surface area contributed by atoms with E-state index in [0.717, 1.165) is 18.5 Å². The van der Waals surface area contributed by atoms with E-state index < -0.39 is 0 Å². The van der Waals surface area contributed by atoms with Crippen molar-refractivity contribution in [3.05, 3.63) is 16.6 Å². The molecule has 1 unspecified atom stereocenters. The van der Waals surface area contributed by atoms with Crippen molar-refractivity contribution < 1.29 is 9.53 Å². The van der Waals surface area contributed by atoms with E-state index in [1.807, 2.05) is 5.38 Å². The SMILES string of the molecule is COC(=O)C(c1cscn1)C1CC1. The lowest BCUT2D eigenvalue weighted by atomic mass is 10.0. The first-order valence-corrected chi connectivity index (χ1v) is 5.23. The molecule has 0 bridgehead atoms. The minimum atomic E-state index is -0.145. The van der Waals surface area contributed by atoms with Gasteiger partial charge in [0.25, 0.3) is 0 Å². The van der Waals surface area contributed by atoms with Crippen molar-refractivity contribution in [1.29, 1.82) is 0 Å². The second-order valence-corrected chi connectivity index (χ2v) is 3.97. The lowest BCUT2D eigenvalue weighted by Crippen LogP contribution is -2.16. The van der Waals surface area contributed by atoms with Crippen LogP contribution >= 0.6 is 11.3 Å². The summed E-state index contributed by atoms with van der Waals surface area (Å²) in [6.07, 6.45) is 2.24. The number of esters is 1. The van der Waals surface area contributed by atoms with E-state index in [2.05, 4.69) is 4.98 Å². The van der Waals surface area contributed by atoms with Crippen molar-refractivity contribution in [2.45, 2.75) is 18.8 Å². The number of rotatable bonds is 3. The van der Waals surface area contributed by atoms with Gasteiger partial charge in [0.15, 0.2) is 0 Å². The van der Waals surface area contributed by atoms with Gasteiger partial charge in [0.05, 0.1) is 18.3 Å². The lowest BCUT2D eigenvalue weighted by Gasteiger charge is -2.10. The zero-order valence-electron chi connectivity index (χ0n) is 7.40. The highest BCUT2D eigenvalue weighted by Gasteiger charge is 2.39. The molecule has 0 aromatic carbocycles. The summed E-state index contributed by atoms with van der Waals surface area (Å²) in [4.78, 5) is 15.6. The van der Waals surface area contributed by atoms with Crippen LogP contribution in [0.3, 0.4) is 0 Å². The maximum absolute atomic E-state index is 11.4. The van der Waals surface area contributed by atoms with Gasteiger partial charge in [-0.1, -0.05) is 0 Å². The second kappa shape index (κ2) is 3.46. The maximum Gasteiger partial charge on any atom is 0.315 e. The Morgan fingerprint density at radius 2 is 2.54 bits per heavy atom. The van der Waals surface area contributed by atoms with Crippen molar-refractivity contribution in [3.63, 3.8) is 0 Å². The number of hydrogen-bond acceptors (Lipinski definition) is 4. The van der Waals surface area contributed by atoms with Gasteiger partial charge in [0.1, 0.15) is 5.92 Å². The molecule has 3 nitrogen and oxygen atoms in total. The predicted octanol–water partition coefficient (Wildman–Crippen LogP) is 1.81. The maximum atomic E-state index is 11.4. The molecule has 1 saturated carbocycles. The molecule has 13 heavy (non-hydrogen) atoms. The van der Waals surface area contributed by atoms with Crippen molar-refractivity contribution in [3.8, 4) is 0 Å². The molecule has 0 aliphatic heterocycles. The summed E-state index contributed by atoms with van der Waals surface area (Å²) in [5.41, 5.74) is 2.63. The van der Waals surface area contributed by atoms with E-state index >= 15 is 0 Å². The highest BCUT2D eigenvalue weighted by molar-refractivity contribution is 7.07. The molecule has 1 aliphatic carbocycles. The smallest absolute Gasteiger partial charge is 0.315 e. The van der Waals surface area contributed by atoms with Crippen LogP contribution in [0.5, 0.6) is 0 Å². The quantitative estimate of drug-likeness (QED) is 0.694. The summed E-state index contributed by atoms with van der Waals surface area (Å²) in [5.74, 6) is 0.208. The summed E-state index contributed by atoms with van der Waals surface area (Å²) in [7, 11) is 1.43. The van der Waals surface area contributed by atoms with E-state index in [9.17, 15) is 4.79 Å². The van der Waals surface area contributed by atoms with Gasteiger partial charge in [-0.3, -0.25) is 4.79 Å². The first-order valence-electron chi connectivity index (χ1n) is 4.29. The first-order chi connectivity index (χ1) is 6.33. The molecule has 1 atom stereocenters. The average molecular weight is 197 g/mol. The van der Waals surface area contributed by atoms with Gasteiger partial charge < -0.3 is 4.74 Å². The topological polar surface area (TPSA) is 39.2 Å². The third kappa shape index (κ3) is 1.72. The Morgan fingerprint density at radius 3 is 3.00 bits per heavy atom. The van der Waals surface area contributed by atoms with Crippen LogP contribution in [0.1, 0.15) is 24.5 Å². The predicted molar refractivity (Wildman–Crippen MR) is 49.6 cm³/mol. The van der Waals surface area contributed by atoms with Crippen LogP contribution < -0.4 is 0 Å². The number of hydrogen-bond donors (Lipinski definition) is 0. The minimum absolute atomic E-state index is 0.115. The molecule has 1 fully saturated rings. The van der Waals surface area contributed by atoms with Crippen LogP contribution in [0.4, 0.5) is 0 Å². The second-order valence-electron chi connectivity index (χ2n) is 3.25. The molecular formula is C9H11NO2S. The molecule has 1 heterocycles. The monoisotopic (exact) mass is 197 g/mol. The fraction of sp³-hybridized carbons (Fsp3) is 0.556. The molecule has 1 aliphatic rings. The zero-order chi connectivity index (χ0) is 9.26. The van der Waals surface area contributed by atoms with Gasteiger partial charge in [0.2, 0.25) is 0 Å². The largest absolute Gasteiger partial charge is 0.468 e. The van der Waals surface area contributed by atoms with Gasteiger partial charge in [-0.25, -0.2) is 4.98 Å². The standard InChI is InChI=1S/C9H11NO2S/c1-12-9(11)8(6-2-3-6)7-4-13-5-10-7/h4-6,8H,2-3H2,1H3. The Kier molecular flexibility index (Phi) is 2.31. The van der Waals surface area contributed by atoms with Gasteiger partial charge in [-0.15, -0.1) is 11.3 Å². The van der Waals surface area contributed by atoms with Crippen LogP contribution in [-0.2, 0) is 9.53 Å². The van der Waals surface area contributed by atoms with E-state index in [1.165, 1.54) is 18.4 Å². The number of carbonyl (C=O) groups excluding carboxylic acids is 1. The minimum Gasteiger partial charge on any atom is -0.468 e. The van der Waals surface area contributed by atoms with E-state index in [-0.39, 0.29) is 11.9 Å². The Labute approximate surface area is 80.8 Å². The highest BCUT2D eigenvalue weighted by atomic mass is 32.1. The number of ether oxygens (including phenoxy) is 1. The van der Waals surface area contributed by atoms with Gasteiger partial charge >= 0.3 is 5.97 Å². The van der Waals surface area contributed by atoms with Gasteiger partial charge in [-0.2, -0.15) is 0 Å². The van der Waals surface area contributed by atoms with Crippen LogP contribution in [0.15, 0.2) is 10.9 Å². The third-order valence-corrected chi connectivity index (χ3v) is 2.92. The fourth-order valence-corrected chi connectivity index (χ4v) is 2.08. The molecule has 1 aromatic rings. The molecule has 0 N–H and O–H groups in total. The molecule has 0 amide bonds. The number of methoxy groups -OCH3 is 1. The first kappa shape index (κ1) is 8.69. The van der Waals surface area contributed by atoms with Crippen LogP contribution in [0.2, 0.25) is 0 Å². The average Bonchev–Trinajstić information content (AvgIpc) is 2.81. The van der Waals surface area contributed by atoms with E-state index in [4.69, 9.17) is 4.74 Å². The van der Waals surface area contributed by atoms with Crippen LogP contribution in [0.25, 0.3) is 0 Å². The Balaban J connectivity index is 2.18. The molecule has 0 saturated heterocycles. The van der Waals surface area contributed by atoms with E-state index in [0.29, 0.717) is 5.92 Å². The Hall–Kier alpha value is -0.900. The number of carbonyl (C=O) groups is 1. The Bertz CT molecular complexity index is 293. The molecule has 70 valence electrons. The van der Waals surface area contributed by atoms with Crippen molar-refractivity contribution in [2.24, 2.45) is 5.92 Å². The molecule has 0 spiro atoms. The number of nitrogens with zero attached hydrogens (tertiary/aromatic N) is 1. The van der Waals surface area contributed by atoms with Crippen molar-refractivity contribution >= 4 is 17.3 Å². The zero-order valence-corrected chi connectivity index (χ0v) is 8.21. The summed E-state index contributed by atoms with van der Waals surface area (Å²) in [6.45, 7) is 0. The van der Waals surface area contributed by atoms with Gasteiger partial charge in [-0.05, 0) is 18.8 Å². The fourth-order valence-electron chi connectivity index (χ4n) is 1.49. The van der Waals surface area contributed by atoms with Crippen molar-refractivity contribution in [1.82, 2.24) is 4.98 Å². The molecule has 0 radical (unpaired) electrons. The third-order valence-electron chi connectivity index (χ3n) is 2.32. The van der Waals surface area contributed by atoms with Gasteiger partial charge in [0, 0.05) is 5.38 Å².